The summed E-state index contributed by atoms with van der Waals surface area (Å²) >= 11 is 0. The number of aliphatic hydroxyl groups is 1. The van der Waals surface area contributed by atoms with Gasteiger partial charge in [-0.2, -0.15) is 13.2 Å². The van der Waals surface area contributed by atoms with Crippen molar-refractivity contribution >= 4 is 11.9 Å². The number of methoxy groups -OCH3 is 1. The average Bonchev–Trinajstić information content (AvgIpc) is 2.69. The number of aliphatic hydroxyl groups excluding tert-OH is 1. The Kier molecular flexibility index (Phi) is 7.98. The van der Waals surface area contributed by atoms with Crippen LogP contribution in [0.15, 0.2) is 12.1 Å². The zero-order valence-corrected chi connectivity index (χ0v) is 16.2. The van der Waals surface area contributed by atoms with Gasteiger partial charge in [0.2, 0.25) is 5.88 Å². The smallest absolute Gasteiger partial charge is 0.391 e. The molecule has 1 heterocycles. The van der Waals surface area contributed by atoms with Crippen LogP contribution in [0.2, 0.25) is 0 Å². The van der Waals surface area contributed by atoms with Gasteiger partial charge < -0.3 is 9.84 Å². The molecule has 8 heteroatoms. The monoisotopic (exact) mass is 400 g/mol. The Bertz CT molecular complexity index is 680. The van der Waals surface area contributed by atoms with Crippen LogP contribution in [0, 0.1) is 17.8 Å². The summed E-state index contributed by atoms with van der Waals surface area (Å²) in [6.45, 7) is 1.83. The van der Waals surface area contributed by atoms with E-state index < -0.39 is 12.1 Å². The van der Waals surface area contributed by atoms with Crippen LogP contribution >= 0.6 is 0 Å². The van der Waals surface area contributed by atoms with Crippen molar-refractivity contribution in [3.05, 3.63) is 23.4 Å². The van der Waals surface area contributed by atoms with E-state index in [0.717, 1.165) is 0 Å². The van der Waals surface area contributed by atoms with Gasteiger partial charge in [-0.15, -0.1) is 10.2 Å². The number of carbonyl (C=O) groups excluding carboxylic acids is 1. The number of nitrogens with zero attached hydrogens (tertiary/aromatic N) is 2. The topological polar surface area (TPSA) is 72.3 Å². The predicted octanol–water partition coefficient (Wildman–Crippen LogP) is 4.46. The molecule has 28 heavy (non-hydrogen) atoms. The molecule has 1 fully saturated rings. The summed E-state index contributed by atoms with van der Waals surface area (Å²) in [5.74, 6) is -1.24. The van der Waals surface area contributed by atoms with E-state index in [1.807, 2.05) is 13.0 Å². The summed E-state index contributed by atoms with van der Waals surface area (Å²) in [5.41, 5.74) is 0.754. The lowest BCUT2D eigenvalue weighted by Gasteiger charge is -2.28. The zero-order valence-electron chi connectivity index (χ0n) is 16.2. The van der Waals surface area contributed by atoms with Crippen molar-refractivity contribution in [2.75, 3.05) is 13.7 Å². The van der Waals surface area contributed by atoms with Crippen LogP contribution in [-0.4, -0.2) is 41.0 Å². The molecule has 0 aromatic carbocycles. The Morgan fingerprint density at radius 2 is 2.00 bits per heavy atom. The molecule has 0 aliphatic heterocycles. The first kappa shape index (κ1) is 22.3. The molecular weight excluding hydrogens is 373 g/mol. The predicted molar refractivity (Wildman–Crippen MR) is 98.9 cm³/mol. The Labute approximate surface area is 163 Å². The van der Waals surface area contributed by atoms with E-state index >= 15 is 0 Å². The normalized spacial score (nSPS) is 21.6. The number of hydrogen-bond acceptors (Lipinski definition) is 5. The molecule has 2 rings (SSSR count). The van der Waals surface area contributed by atoms with E-state index in [4.69, 9.17) is 4.74 Å². The number of hydrogen-bond donors (Lipinski definition) is 1. The first-order chi connectivity index (χ1) is 13.3. The van der Waals surface area contributed by atoms with Crippen LogP contribution in [0.5, 0.6) is 5.88 Å². The van der Waals surface area contributed by atoms with Crippen LogP contribution in [0.3, 0.4) is 0 Å². The average molecular weight is 400 g/mol. The maximum absolute atomic E-state index is 12.8. The Balaban J connectivity index is 2.08. The second-order valence-corrected chi connectivity index (χ2v) is 7.29. The second-order valence-electron chi connectivity index (χ2n) is 7.29. The van der Waals surface area contributed by atoms with Gasteiger partial charge in [-0.3, -0.25) is 4.79 Å². The second kappa shape index (κ2) is 10.0. The van der Waals surface area contributed by atoms with Crippen LogP contribution in [0.4, 0.5) is 13.2 Å². The highest BCUT2D eigenvalue weighted by Crippen LogP contribution is 2.40. The Morgan fingerprint density at radius 3 is 2.54 bits per heavy atom. The van der Waals surface area contributed by atoms with E-state index in [2.05, 4.69) is 10.2 Å². The van der Waals surface area contributed by atoms with Gasteiger partial charge >= 0.3 is 6.18 Å². The molecule has 0 saturated heterocycles. The molecular formula is C20H27F3N2O3. The van der Waals surface area contributed by atoms with Crippen molar-refractivity contribution in [1.82, 2.24) is 10.2 Å². The van der Waals surface area contributed by atoms with Crippen molar-refractivity contribution < 1.29 is 27.8 Å². The molecule has 1 aromatic rings. The minimum Gasteiger partial charge on any atom is -0.479 e. The zero-order chi connectivity index (χ0) is 20.7. The van der Waals surface area contributed by atoms with Crippen LogP contribution in [-0.2, 0) is 0 Å². The quantitative estimate of drug-likeness (QED) is 0.653. The maximum atomic E-state index is 12.8. The van der Waals surface area contributed by atoms with Gasteiger partial charge in [0.1, 0.15) is 5.69 Å². The fraction of sp³-hybridized carbons (Fsp3) is 0.650. The van der Waals surface area contributed by atoms with Gasteiger partial charge in [-0.1, -0.05) is 25.5 Å². The van der Waals surface area contributed by atoms with Gasteiger partial charge in [0, 0.05) is 18.6 Å². The van der Waals surface area contributed by atoms with Crippen molar-refractivity contribution in [3.8, 4) is 5.88 Å². The number of allylic oxidation sites excluding steroid dienone is 1. The molecule has 0 amide bonds. The fourth-order valence-corrected chi connectivity index (χ4v) is 3.39. The number of carbonyl (C=O) groups is 1. The molecule has 1 aliphatic rings. The lowest BCUT2D eigenvalue weighted by atomic mass is 9.81. The molecule has 1 saturated carbocycles. The van der Waals surface area contributed by atoms with Gasteiger partial charge in [0.25, 0.3) is 0 Å². The van der Waals surface area contributed by atoms with Crippen molar-refractivity contribution in [3.63, 3.8) is 0 Å². The number of aromatic nitrogens is 2. The van der Waals surface area contributed by atoms with E-state index in [0.29, 0.717) is 24.8 Å². The highest BCUT2D eigenvalue weighted by molar-refractivity contribution is 5.94. The Morgan fingerprint density at radius 1 is 1.32 bits per heavy atom. The minimum atomic E-state index is -4.12. The van der Waals surface area contributed by atoms with E-state index in [-0.39, 0.29) is 55.1 Å². The number of rotatable bonds is 8. The molecule has 1 atom stereocenters. The summed E-state index contributed by atoms with van der Waals surface area (Å²) in [5, 5.41) is 17.1. The molecule has 0 spiro atoms. The van der Waals surface area contributed by atoms with Crippen molar-refractivity contribution in [1.29, 1.82) is 0 Å². The van der Waals surface area contributed by atoms with Crippen molar-refractivity contribution in [2.45, 2.75) is 51.6 Å². The van der Waals surface area contributed by atoms with E-state index in [9.17, 15) is 23.1 Å². The highest BCUT2D eigenvalue weighted by atomic mass is 19.4. The first-order valence-corrected chi connectivity index (χ1v) is 9.59. The first-order valence-electron chi connectivity index (χ1n) is 9.59. The third-order valence-corrected chi connectivity index (χ3v) is 5.36. The molecule has 156 valence electrons. The summed E-state index contributed by atoms with van der Waals surface area (Å²) in [6, 6.07) is 1.58. The van der Waals surface area contributed by atoms with Gasteiger partial charge in [-0.25, -0.2) is 0 Å². The number of alkyl halides is 3. The minimum absolute atomic E-state index is 0.0504. The molecule has 1 N–H and O–H groups in total. The van der Waals surface area contributed by atoms with Gasteiger partial charge in [0.15, 0.2) is 5.78 Å². The van der Waals surface area contributed by atoms with E-state index in [1.165, 1.54) is 7.11 Å². The largest absolute Gasteiger partial charge is 0.479 e. The maximum Gasteiger partial charge on any atom is 0.391 e. The standard InChI is InChI=1S/C20H27F3N2O3/c1-3-13(12-26)10-18(27)17-11-15(19(28-2)25-24-17)7-4-14-5-8-16(9-6-14)20(21,22)23/h4,7,11,13-14,16,26H,3,5-6,8-10,12H2,1-2H3/b7-4+/t13-,14?,16?/m0/s1. The molecule has 0 unspecified atom stereocenters. The lowest BCUT2D eigenvalue weighted by Crippen LogP contribution is -2.27. The lowest BCUT2D eigenvalue weighted by molar-refractivity contribution is -0.183. The molecule has 1 aromatic heterocycles. The third-order valence-electron chi connectivity index (χ3n) is 5.36. The highest BCUT2D eigenvalue weighted by Gasteiger charge is 2.40. The van der Waals surface area contributed by atoms with Gasteiger partial charge in [-0.05, 0) is 43.6 Å². The SMILES string of the molecule is CC[C@H](CO)CC(=O)c1cc(/C=C/C2CCC(C(F)(F)F)CC2)c(OC)nn1. The van der Waals surface area contributed by atoms with Crippen LogP contribution in [0.1, 0.15) is 61.5 Å². The third kappa shape index (κ3) is 6.02. The fourth-order valence-electron chi connectivity index (χ4n) is 3.39. The molecule has 1 aliphatic carbocycles. The number of Topliss-reactive ketones (excluding diaryl/α,β-unsaturated/α-hetero) is 1. The summed E-state index contributed by atoms with van der Waals surface area (Å²) in [7, 11) is 1.44. The Hall–Kier alpha value is -1.96. The van der Waals surface area contributed by atoms with Crippen LogP contribution < -0.4 is 4.74 Å². The summed E-state index contributed by atoms with van der Waals surface area (Å²) in [4.78, 5) is 12.4. The summed E-state index contributed by atoms with van der Waals surface area (Å²) in [6.07, 6.45) is 1.56. The van der Waals surface area contributed by atoms with Crippen LogP contribution in [0.25, 0.3) is 6.08 Å². The molecule has 5 nitrogen and oxygen atoms in total. The van der Waals surface area contributed by atoms with E-state index in [1.54, 1.807) is 12.1 Å². The number of ether oxygens (including phenoxy) is 1. The number of halogens is 3. The molecule has 0 radical (unpaired) electrons. The number of ketones is 1. The van der Waals surface area contributed by atoms with Gasteiger partial charge in [0.05, 0.1) is 13.0 Å². The van der Waals surface area contributed by atoms with Crippen molar-refractivity contribution in [2.24, 2.45) is 17.8 Å². The molecule has 0 bridgehead atoms. The summed E-state index contributed by atoms with van der Waals surface area (Å²) < 4.78 is 43.5.